The molecule has 0 spiro atoms. The Morgan fingerprint density at radius 3 is 2.23 bits per heavy atom. The Morgan fingerprint density at radius 2 is 1.69 bits per heavy atom. The zero-order valence-corrected chi connectivity index (χ0v) is 14.6. The lowest BCUT2D eigenvalue weighted by molar-refractivity contribution is -0.124. The summed E-state index contributed by atoms with van der Waals surface area (Å²) in [6.07, 6.45) is 0. The molecule has 0 fully saturated rings. The number of primary sulfonamides is 1. The number of hydrogen-bond donors (Lipinski definition) is 2. The molecule has 9 heteroatoms. The fourth-order valence-corrected chi connectivity index (χ4v) is 2.63. The first-order chi connectivity index (χ1) is 12.2. The Morgan fingerprint density at radius 1 is 1.12 bits per heavy atom. The van der Waals surface area contributed by atoms with Crippen LogP contribution in [0.1, 0.15) is 28.9 Å². The van der Waals surface area contributed by atoms with Crippen molar-refractivity contribution in [2.45, 2.75) is 17.9 Å². The van der Waals surface area contributed by atoms with Gasteiger partial charge in [-0.1, -0.05) is 12.1 Å². The van der Waals surface area contributed by atoms with E-state index in [2.05, 4.69) is 5.32 Å². The van der Waals surface area contributed by atoms with Crippen LogP contribution in [-0.2, 0) is 19.6 Å². The average molecular weight is 380 g/mol. The van der Waals surface area contributed by atoms with E-state index in [1.807, 2.05) is 0 Å². The number of nitrogens with one attached hydrogen (secondary N) is 1. The van der Waals surface area contributed by atoms with Crippen molar-refractivity contribution in [2.75, 3.05) is 6.61 Å². The summed E-state index contributed by atoms with van der Waals surface area (Å²) >= 11 is 0. The van der Waals surface area contributed by atoms with Crippen LogP contribution in [0.15, 0.2) is 53.4 Å². The maximum absolute atomic E-state index is 12.8. The van der Waals surface area contributed by atoms with E-state index in [0.717, 1.165) is 12.1 Å². The molecule has 0 aliphatic rings. The van der Waals surface area contributed by atoms with Crippen LogP contribution in [0.4, 0.5) is 4.39 Å². The highest BCUT2D eigenvalue weighted by Gasteiger charge is 2.14. The third kappa shape index (κ3) is 5.36. The predicted molar refractivity (Wildman–Crippen MR) is 91.1 cm³/mol. The van der Waals surface area contributed by atoms with Gasteiger partial charge in [-0.15, -0.1) is 0 Å². The van der Waals surface area contributed by atoms with E-state index in [0.29, 0.717) is 5.56 Å². The molecule has 0 saturated heterocycles. The van der Waals surface area contributed by atoms with Crippen LogP contribution in [0.2, 0.25) is 0 Å². The molecular formula is C17H17FN2O5S. The minimum absolute atomic E-state index is 0.0343. The second-order valence-corrected chi connectivity index (χ2v) is 7.05. The third-order valence-corrected chi connectivity index (χ3v) is 4.43. The Bertz CT molecular complexity index is 896. The van der Waals surface area contributed by atoms with Crippen LogP contribution in [0.25, 0.3) is 0 Å². The Kier molecular flexibility index (Phi) is 6.06. The van der Waals surface area contributed by atoms with E-state index < -0.39 is 40.4 Å². The predicted octanol–water partition coefficient (Wildman–Crippen LogP) is 1.51. The number of halogens is 1. The van der Waals surface area contributed by atoms with Crippen molar-refractivity contribution >= 4 is 21.9 Å². The molecule has 26 heavy (non-hydrogen) atoms. The van der Waals surface area contributed by atoms with Gasteiger partial charge in [0.1, 0.15) is 5.82 Å². The summed E-state index contributed by atoms with van der Waals surface area (Å²) in [5, 5.41) is 7.63. The molecule has 0 bridgehead atoms. The van der Waals surface area contributed by atoms with Crippen molar-refractivity contribution in [2.24, 2.45) is 5.14 Å². The molecule has 0 unspecified atom stereocenters. The summed E-state index contributed by atoms with van der Waals surface area (Å²) in [5.41, 5.74) is 0.779. The van der Waals surface area contributed by atoms with E-state index in [1.54, 1.807) is 6.92 Å². The van der Waals surface area contributed by atoms with Gasteiger partial charge in [0.25, 0.3) is 5.91 Å². The SMILES string of the molecule is C[C@H](NC(=O)COC(=O)c1ccc(F)cc1)c1ccc(S(N)(=O)=O)cc1. The highest BCUT2D eigenvalue weighted by molar-refractivity contribution is 7.89. The van der Waals surface area contributed by atoms with Gasteiger partial charge < -0.3 is 10.1 Å². The van der Waals surface area contributed by atoms with Gasteiger partial charge in [0.05, 0.1) is 16.5 Å². The molecule has 7 nitrogen and oxygen atoms in total. The largest absolute Gasteiger partial charge is 0.452 e. The smallest absolute Gasteiger partial charge is 0.338 e. The zero-order chi connectivity index (χ0) is 19.3. The minimum Gasteiger partial charge on any atom is -0.452 e. The summed E-state index contributed by atoms with van der Waals surface area (Å²) < 4.78 is 40.1. The number of carbonyl (C=O) groups excluding carboxylic acids is 2. The first-order valence-electron chi connectivity index (χ1n) is 7.51. The van der Waals surface area contributed by atoms with Gasteiger partial charge in [-0.2, -0.15) is 0 Å². The van der Waals surface area contributed by atoms with Crippen molar-refractivity contribution in [1.29, 1.82) is 0 Å². The van der Waals surface area contributed by atoms with Gasteiger partial charge in [-0.25, -0.2) is 22.7 Å². The van der Waals surface area contributed by atoms with Gasteiger partial charge in [0.15, 0.2) is 6.61 Å². The van der Waals surface area contributed by atoms with E-state index in [9.17, 15) is 22.4 Å². The van der Waals surface area contributed by atoms with Crippen molar-refractivity contribution in [3.05, 3.63) is 65.5 Å². The molecular weight excluding hydrogens is 363 g/mol. The highest BCUT2D eigenvalue weighted by atomic mass is 32.2. The van der Waals surface area contributed by atoms with Crippen molar-refractivity contribution in [1.82, 2.24) is 5.32 Å². The second-order valence-electron chi connectivity index (χ2n) is 5.49. The zero-order valence-electron chi connectivity index (χ0n) is 13.8. The topological polar surface area (TPSA) is 116 Å². The molecule has 0 aliphatic carbocycles. The van der Waals surface area contributed by atoms with Crippen LogP contribution < -0.4 is 10.5 Å². The van der Waals surface area contributed by atoms with Gasteiger partial charge in [-0.05, 0) is 48.9 Å². The molecule has 0 aromatic heterocycles. The lowest BCUT2D eigenvalue weighted by Gasteiger charge is -2.14. The van der Waals surface area contributed by atoms with Crippen LogP contribution in [-0.4, -0.2) is 26.9 Å². The monoisotopic (exact) mass is 380 g/mol. The molecule has 2 rings (SSSR count). The lowest BCUT2D eigenvalue weighted by Crippen LogP contribution is -2.31. The van der Waals surface area contributed by atoms with Gasteiger partial charge in [-0.3, -0.25) is 4.79 Å². The minimum atomic E-state index is -3.78. The Labute approximate surface area is 150 Å². The summed E-state index contributed by atoms with van der Waals surface area (Å²) in [6, 6.07) is 10.0. The maximum Gasteiger partial charge on any atom is 0.338 e. The quantitative estimate of drug-likeness (QED) is 0.737. The summed E-state index contributed by atoms with van der Waals surface area (Å²) in [5.74, 6) is -1.77. The van der Waals surface area contributed by atoms with Crippen molar-refractivity contribution in [3.8, 4) is 0 Å². The Balaban J connectivity index is 1.88. The fourth-order valence-electron chi connectivity index (χ4n) is 2.11. The summed E-state index contributed by atoms with van der Waals surface area (Å²) in [6.45, 7) is 1.18. The number of benzene rings is 2. The first kappa shape index (κ1) is 19.5. The summed E-state index contributed by atoms with van der Waals surface area (Å²) in [7, 11) is -3.78. The standard InChI is InChI=1S/C17H17FN2O5S/c1-11(12-4-8-15(9-5-12)26(19,23)24)20-16(21)10-25-17(22)13-2-6-14(18)7-3-13/h2-9,11H,10H2,1H3,(H,20,21)(H2,19,23,24)/t11-/m0/s1. The van der Waals surface area contributed by atoms with Crippen molar-refractivity contribution < 1.29 is 27.1 Å². The number of ether oxygens (including phenoxy) is 1. The Hall–Kier alpha value is -2.78. The third-order valence-electron chi connectivity index (χ3n) is 3.50. The number of hydrogen-bond acceptors (Lipinski definition) is 5. The second kappa shape index (κ2) is 8.07. The fraction of sp³-hybridized carbons (Fsp3) is 0.176. The number of carbonyl (C=O) groups is 2. The normalized spacial score (nSPS) is 12.3. The van der Waals surface area contributed by atoms with Crippen LogP contribution in [0, 0.1) is 5.82 Å². The number of esters is 1. The van der Waals surface area contributed by atoms with E-state index in [1.165, 1.54) is 36.4 Å². The van der Waals surface area contributed by atoms with Crippen LogP contribution in [0.5, 0.6) is 0 Å². The molecule has 0 radical (unpaired) electrons. The molecule has 2 aromatic carbocycles. The number of sulfonamides is 1. The summed E-state index contributed by atoms with van der Waals surface area (Å²) in [4.78, 5) is 23.6. The molecule has 0 heterocycles. The number of rotatable bonds is 6. The van der Waals surface area contributed by atoms with Gasteiger partial charge >= 0.3 is 5.97 Å². The van der Waals surface area contributed by atoms with Gasteiger partial charge in [0.2, 0.25) is 10.0 Å². The number of nitrogens with two attached hydrogens (primary N) is 1. The molecule has 3 N–H and O–H groups in total. The highest BCUT2D eigenvalue weighted by Crippen LogP contribution is 2.15. The lowest BCUT2D eigenvalue weighted by atomic mass is 10.1. The first-order valence-corrected chi connectivity index (χ1v) is 9.06. The molecule has 1 atom stereocenters. The van der Waals surface area contributed by atoms with Crippen molar-refractivity contribution in [3.63, 3.8) is 0 Å². The van der Waals surface area contributed by atoms with Crippen LogP contribution >= 0.6 is 0 Å². The maximum atomic E-state index is 12.8. The van der Waals surface area contributed by atoms with E-state index >= 15 is 0 Å². The molecule has 0 saturated carbocycles. The van der Waals surface area contributed by atoms with Gasteiger partial charge in [0, 0.05) is 0 Å². The average Bonchev–Trinajstić information content (AvgIpc) is 2.59. The molecule has 1 amide bonds. The molecule has 2 aromatic rings. The van der Waals surface area contributed by atoms with E-state index in [4.69, 9.17) is 9.88 Å². The molecule has 138 valence electrons. The molecule has 0 aliphatic heterocycles. The van der Waals surface area contributed by atoms with Crippen LogP contribution in [0.3, 0.4) is 0 Å². The number of amides is 1. The van der Waals surface area contributed by atoms with E-state index in [-0.39, 0.29) is 10.5 Å².